The third-order valence-electron chi connectivity index (χ3n) is 2.46. The number of nitro benzene ring substituents is 1. The van der Waals surface area contributed by atoms with E-state index >= 15 is 0 Å². The third-order valence-corrected chi connectivity index (χ3v) is 2.77. The Bertz CT molecular complexity index is 751. The van der Waals surface area contributed by atoms with Crippen molar-refractivity contribution >= 4 is 17.3 Å². The van der Waals surface area contributed by atoms with Crippen LogP contribution in [0.25, 0.3) is 0 Å². The Morgan fingerprint density at radius 1 is 1.24 bits per heavy atom. The minimum atomic E-state index is -1.07. The van der Waals surface area contributed by atoms with Crippen LogP contribution < -0.4 is 4.74 Å². The molecule has 0 fully saturated rings. The van der Waals surface area contributed by atoms with E-state index in [9.17, 15) is 18.9 Å². The molecule has 8 heteroatoms. The SMILES string of the molecule is N#Cc1cc(F)c(Oc2ccc([N+](=O)[O-])c(Cl)c2)c(F)c1. The van der Waals surface area contributed by atoms with Crippen LogP contribution in [0.2, 0.25) is 5.02 Å². The van der Waals surface area contributed by atoms with Crippen LogP contribution in [0.4, 0.5) is 14.5 Å². The fourth-order valence-corrected chi connectivity index (χ4v) is 1.78. The lowest BCUT2D eigenvalue weighted by Gasteiger charge is -2.08. The van der Waals surface area contributed by atoms with E-state index in [2.05, 4.69) is 0 Å². The van der Waals surface area contributed by atoms with Gasteiger partial charge in [0, 0.05) is 12.1 Å². The zero-order chi connectivity index (χ0) is 15.6. The van der Waals surface area contributed by atoms with E-state index < -0.39 is 22.3 Å². The molecule has 0 bridgehead atoms. The number of nitrogens with zero attached hydrogens (tertiary/aromatic N) is 2. The first-order valence-electron chi connectivity index (χ1n) is 5.43. The Labute approximate surface area is 122 Å². The molecular weight excluding hydrogens is 306 g/mol. The van der Waals surface area contributed by atoms with Crippen molar-refractivity contribution in [3.05, 3.63) is 62.7 Å². The van der Waals surface area contributed by atoms with Crippen molar-refractivity contribution in [2.45, 2.75) is 0 Å². The summed E-state index contributed by atoms with van der Waals surface area (Å²) in [5.41, 5.74) is -0.552. The van der Waals surface area contributed by atoms with Gasteiger partial charge in [-0.2, -0.15) is 5.26 Å². The number of nitriles is 1. The summed E-state index contributed by atoms with van der Waals surface area (Å²) in [5, 5.41) is 19.0. The highest BCUT2D eigenvalue weighted by Crippen LogP contribution is 2.33. The smallest absolute Gasteiger partial charge is 0.288 e. The van der Waals surface area contributed by atoms with Gasteiger partial charge in [-0.3, -0.25) is 10.1 Å². The predicted molar refractivity (Wildman–Crippen MR) is 69.3 cm³/mol. The first-order chi connectivity index (χ1) is 9.92. The summed E-state index contributed by atoms with van der Waals surface area (Å²) in [7, 11) is 0. The molecule has 0 spiro atoms. The molecule has 0 radical (unpaired) electrons. The molecule has 21 heavy (non-hydrogen) atoms. The van der Waals surface area contributed by atoms with Crippen LogP contribution in [-0.2, 0) is 0 Å². The van der Waals surface area contributed by atoms with Gasteiger partial charge in [-0.15, -0.1) is 0 Å². The average molecular weight is 311 g/mol. The lowest BCUT2D eigenvalue weighted by atomic mass is 10.2. The Balaban J connectivity index is 2.37. The number of ether oxygens (including phenoxy) is 1. The Morgan fingerprint density at radius 3 is 2.33 bits per heavy atom. The monoisotopic (exact) mass is 310 g/mol. The number of halogens is 3. The van der Waals surface area contributed by atoms with E-state index in [1.165, 1.54) is 0 Å². The standard InChI is InChI=1S/C13H5ClF2N2O3/c14-9-5-8(1-2-12(9)18(19)20)21-13-10(15)3-7(6-17)4-11(13)16/h1-5H. The molecule has 0 amide bonds. The van der Waals surface area contributed by atoms with Crippen molar-refractivity contribution in [1.82, 2.24) is 0 Å². The molecule has 2 aromatic rings. The van der Waals surface area contributed by atoms with Crippen LogP contribution in [-0.4, -0.2) is 4.92 Å². The molecule has 0 aliphatic carbocycles. The van der Waals surface area contributed by atoms with Crippen LogP contribution in [0.15, 0.2) is 30.3 Å². The quantitative estimate of drug-likeness (QED) is 0.629. The molecule has 0 saturated carbocycles. The fraction of sp³-hybridized carbons (Fsp3) is 0. The zero-order valence-corrected chi connectivity index (χ0v) is 10.9. The molecule has 0 aliphatic rings. The van der Waals surface area contributed by atoms with Gasteiger partial charge in [0.05, 0.1) is 16.6 Å². The van der Waals surface area contributed by atoms with Crippen molar-refractivity contribution < 1.29 is 18.4 Å². The lowest BCUT2D eigenvalue weighted by molar-refractivity contribution is -0.384. The molecule has 2 rings (SSSR count). The molecule has 0 N–H and O–H groups in total. The second-order valence-corrected chi connectivity index (χ2v) is 4.26. The number of rotatable bonds is 3. The maximum absolute atomic E-state index is 13.6. The van der Waals surface area contributed by atoms with Crippen molar-refractivity contribution in [2.24, 2.45) is 0 Å². The normalized spacial score (nSPS) is 10.0. The number of hydrogen-bond acceptors (Lipinski definition) is 4. The highest BCUT2D eigenvalue weighted by atomic mass is 35.5. The second-order valence-electron chi connectivity index (χ2n) is 3.85. The predicted octanol–water partition coefficient (Wildman–Crippen LogP) is 4.19. The summed E-state index contributed by atoms with van der Waals surface area (Å²) >= 11 is 5.67. The highest BCUT2D eigenvalue weighted by Gasteiger charge is 2.17. The minimum Gasteiger partial charge on any atom is -0.451 e. The molecular formula is C13H5ClF2N2O3. The van der Waals surface area contributed by atoms with Gasteiger partial charge in [0.2, 0.25) is 0 Å². The van der Waals surface area contributed by atoms with Crippen LogP contribution >= 0.6 is 11.6 Å². The van der Waals surface area contributed by atoms with Crippen LogP contribution in [0.3, 0.4) is 0 Å². The van der Waals surface area contributed by atoms with Gasteiger partial charge in [-0.25, -0.2) is 8.78 Å². The number of benzene rings is 2. The lowest BCUT2D eigenvalue weighted by Crippen LogP contribution is -1.95. The van der Waals surface area contributed by atoms with Crippen molar-refractivity contribution in [2.75, 3.05) is 0 Å². The molecule has 2 aromatic carbocycles. The first kappa shape index (κ1) is 14.7. The van der Waals surface area contributed by atoms with Crippen LogP contribution in [0.5, 0.6) is 11.5 Å². The average Bonchev–Trinajstić information content (AvgIpc) is 2.42. The van der Waals surface area contributed by atoms with E-state index in [4.69, 9.17) is 21.6 Å². The van der Waals surface area contributed by atoms with Crippen LogP contribution in [0, 0.1) is 33.1 Å². The van der Waals surface area contributed by atoms with Crippen molar-refractivity contribution in [3.8, 4) is 17.6 Å². The minimum absolute atomic E-state index is 0.0758. The van der Waals surface area contributed by atoms with Gasteiger partial charge in [0.15, 0.2) is 17.4 Å². The van der Waals surface area contributed by atoms with E-state index in [1.807, 2.05) is 0 Å². The van der Waals surface area contributed by atoms with Crippen molar-refractivity contribution in [1.29, 1.82) is 5.26 Å². The van der Waals surface area contributed by atoms with E-state index in [0.717, 1.165) is 30.3 Å². The summed E-state index contributed by atoms with van der Waals surface area (Å²) < 4.78 is 32.3. The Kier molecular flexibility index (Phi) is 4.00. The molecule has 0 saturated heterocycles. The van der Waals surface area contributed by atoms with Gasteiger partial charge in [-0.1, -0.05) is 11.6 Å². The fourth-order valence-electron chi connectivity index (χ4n) is 1.54. The van der Waals surface area contributed by atoms with Crippen LogP contribution in [0.1, 0.15) is 5.56 Å². The number of nitro groups is 1. The summed E-state index contributed by atoms with van der Waals surface area (Å²) in [6.45, 7) is 0. The summed E-state index contributed by atoms with van der Waals surface area (Å²) in [5.74, 6) is -2.94. The Hall–Kier alpha value is -2.72. The maximum atomic E-state index is 13.6. The molecule has 0 heterocycles. The van der Waals surface area contributed by atoms with Gasteiger partial charge >= 0.3 is 0 Å². The highest BCUT2D eigenvalue weighted by molar-refractivity contribution is 6.32. The first-order valence-corrected chi connectivity index (χ1v) is 5.81. The van der Waals surface area contributed by atoms with Gasteiger partial charge < -0.3 is 4.74 Å². The molecule has 0 atom stereocenters. The Morgan fingerprint density at radius 2 is 1.86 bits per heavy atom. The molecule has 106 valence electrons. The largest absolute Gasteiger partial charge is 0.451 e. The number of hydrogen-bond donors (Lipinski definition) is 0. The van der Waals surface area contributed by atoms with E-state index in [1.54, 1.807) is 6.07 Å². The molecule has 5 nitrogen and oxygen atoms in total. The second kappa shape index (κ2) is 5.73. The summed E-state index contributed by atoms with van der Waals surface area (Å²) in [6, 6.07) is 6.49. The zero-order valence-electron chi connectivity index (χ0n) is 10.1. The summed E-state index contributed by atoms with van der Waals surface area (Å²) in [6.07, 6.45) is 0. The molecule has 0 unspecified atom stereocenters. The molecule has 0 aromatic heterocycles. The van der Waals surface area contributed by atoms with Crippen molar-refractivity contribution in [3.63, 3.8) is 0 Å². The van der Waals surface area contributed by atoms with Gasteiger partial charge in [0.25, 0.3) is 5.69 Å². The van der Waals surface area contributed by atoms with Gasteiger partial charge in [0.1, 0.15) is 10.8 Å². The third kappa shape index (κ3) is 3.07. The van der Waals surface area contributed by atoms with E-state index in [-0.39, 0.29) is 22.0 Å². The maximum Gasteiger partial charge on any atom is 0.288 e. The topological polar surface area (TPSA) is 76.2 Å². The van der Waals surface area contributed by atoms with Gasteiger partial charge in [-0.05, 0) is 18.2 Å². The molecule has 0 aliphatic heterocycles. The van der Waals surface area contributed by atoms with E-state index in [0.29, 0.717) is 0 Å². The summed E-state index contributed by atoms with van der Waals surface area (Å²) in [4.78, 5) is 9.90.